The molecular weight excluding hydrogens is 316 g/mol. The number of nitrogens with one attached hydrogen (secondary N) is 1. The summed E-state index contributed by atoms with van der Waals surface area (Å²) in [5, 5.41) is 3.71. The van der Waals surface area contributed by atoms with E-state index < -0.39 is 0 Å². The minimum atomic E-state index is 0.0714. The van der Waals surface area contributed by atoms with Crippen LogP contribution in [0, 0.1) is 0 Å². The summed E-state index contributed by atoms with van der Waals surface area (Å²) >= 11 is 9.36. The maximum atomic E-state index is 12.4. The molecule has 1 saturated heterocycles. The molecule has 1 unspecified atom stereocenters. The van der Waals surface area contributed by atoms with E-state index in [-0.39, 0.29) is 5.91 Å². The topological polar surface area (TPSA) is 32.3 Å². The highest BCUT2D eigenvalue weighted by atomic mass is 79.9. The maximum absolute atomic E-state index is 12.4. The van der Waals surface area contributed by atoms with Gasteiger partial charge in [0.15, 0.2) is 0 Å². The van der Waals surface area contributed by atoms with Gasteiger partial charge >= 0.3 is 0 Å². The van der Waals surface area contributed by atoms with Crippen LogP contribution >= 0.6 is 27.5 Å². The average molecular weight is 332 g/mol. The van der Waals surface area contributed by atoms with Crippen molar-refractivity contribution in [3.8, 4) is 0 Å². The number of carbonyl (C=O) groups excluding carboxylic acids is 1. The van der Waals surface area contributed by atoms with Gasteiger partial charge in [-0.25, -0.2) is 0 Å². The predicted molar refractivity (Wildman–Crippen MR) is 77.1 cm³/mol. The fourth-order valence-electron chi connectivity index (χ4n) is 2.35. The Morgan fingerprint density at radius 2 is 2.39 bits per heavy atom. The molecule has 0 saturated carbocycles. The largest absolute Gasteiger partial charge is 0.334 e. The Morgan fingerprint density at radius 1 is 1.61 bits per heavy atom. The lowest BCUT2D eigenvalue weighted by Crippen LogP contribution is -2.40. The first-order valence-corrected chi connectivity index (χ1v) is 7.21. The molecule has 3 nitrogen and oxygen atoms in total. The van der Waals surface area contributed by atoms with Crippen molar-refractivity contribution in [1.82, 2.24) is 10.2 Å². The molecule has 1 aliphatic heterocycles. The van der Waals surface area contributed by atoms with Crippen LogP contribution < -0.4 is 5.32 Å². The van der Waals surface area contributed by atoms with Crippen molar-refractivity contribution < 1.29 is 4.79 Å². The lowest BCUT2D eigenvalue weighted by molar-refractivity contribution is 0.0737. The molecule has 0 aliphatic carbocycles. The van der Waals surface area contributed by atoms with Crippen molar-refractivity contribution in [1.29, 1.82) is 0 Å². The van der Waals surface area contributed by atoms with Crippen LogP contribution in [0.4, 0.5) is 0 Å². The smallest absolute Gasteiger partial charge is 0.254 e. The first-order valence-electron chi connectivity index (χ1n) is 6.04. The van der Waals surface area contributed by atoms with Gasteiger partial charge in [0.25, 0.3) is 5.91 Å². The summed E-state index contributed by atoms with van der Waals surface area (Å²) in [4.78, 5) is 14.4. The summed E-state index contributed by atoms with van der Waals surface area (Å²) in [6, 6.07) is 5.65. The fraction of sp³-hybridized carbons (Fsp3) is 0.462. The van der Waals surface area contributed by atoms with E-state index in [1.807, 2.05) is 24.1 Å². The van der Waals surface area contributed by atoms with Crippen LogP contribution in [0.25, 0.3) is 0 Å². The van der Waals surface area contributed by atoms with Gasteiger partial charge in [-0.1, -0.05) is 11.6 Å². The van der Waals surface area contributed by atoms with Gasteiger partial charge in [-0.3, -0.25) is 4.79 Å². The Hall–Kier alpha value is -0.580. The zero-order chi connectivity index (χ0) is 13.1. The number of halogens is 2. The third kappa shape index (κ3) is 2.87. The van der Waals surface area contributed by atoms with Crippen molar-refractivity contribution >= 4 is 33.4 Å². The molecule has 0 aromatic heterocycles. The number of hydrogen-bond acceptors (Lipinski definition) is 2. The van der Waals surface area contributed by atoms with Crippen LogP contribution in [0.5, 0.6) is 0 Å². The van der Waals surface area contributed by atoms with Crippen molar-refractivity contribution in [3.05, 3.63) is 33.3 Å². The second-order valence-electron chi connectivity index (χ2n) is 4.48. The Labute approximate surface area is 121 Å². The zero-order valence-corrected chi connectivity index (χ0v) is 12.6. The average Bonchev–Trinajstić information content (AvgIpc) is 2.80. The van der Waals surface area contributed by atoms with Gasteiger partial charge in [-0.15, -0.1) is 0 Å². The molecule has 98 valence electrons. The van der Waals surface area contributed by atoms with E-state index >= 15 is 0 Å². The van der Waals surface area contributed by atoms with Crippen LogP contribution in [0.1, 0.15) is 23.2 Å². The van der Waals surface area contributed by atoms with E-state index in [9.17, 15) is 4.79 Å². The fourth-order valence-corrected chi connectivity index (χ4v) is 2.77. The maximum Gasteiger partial charge on any atom is 0.254 e. The number of nitrogens with zero attached hydrogens (tertiary/aromatic N) is 1. The third-order valence-corrected chi connectivity index (χ3v) is 4.48. The number of hydrogen-bond donors (Lipinski definition) is 1. The first kappa shape index (κ1) is 13.8. The molecule has 1 atom stereocenters. The van der Waals surface area contributed by atoms with Crippen LogP contribution in [0.2, 0.25) is 5.02 Å². The van der Waals surface area contributed by atoms with E-state index in [1.54, 1.807) is 6.07 Å². The number of amides is 1. The SMILES string of the molecule is CNCC1CCCN1C(=O)c1ccc(Br)c(Cl)c1. The van der Waals surface area contributed by atoms with E-state index in [1.165, 1.54) is 0 Å². The van der Waals surface area contributed by atoms with Crippen molar-refractivity contribution in [2.45, 2.75) is 18.9 Å². The summed E-state index contributed by atoms with van der Waals surface area (Å²) in [5.74, 6) is 0.0714. The molecule has 2 rings (SSSR count). The van der Waals surface area contributed by atoms with Gasteiger partial charge in [-0.05, 0) is 54.0 Å². The van der Waals surface area contributed by atoms with E-state index in [4.69, 9.17) is 11.6 Å². The van der Waals surface area contributed by atoms with Crippen LogP contribution in [0.3, 0.4) is 0 Å². The molecule has 0 radical (unpaired) electrons. The summed E-state index contributed by atoms with van der Waals surface area (Å²) in [6.07, 6.45) is 2.14. The Balaban J connectivity index is 2.17. The monoisotopic (exact) mass is 330 g/mol. The molecule has 1 amide bonds. The summed E-state index contributed by atoms with van der Waals surface area (Å²) in [5.41, 5.74) is 0.659. The number of likely N-dealkylation sites (N-methyl/N-ethyl adjacent to an activating group) is 1. The van der Waals surface area contributed by atoms with E-state index in [0.29, 0.717) is 16.6 Å². The molecule has 0 bridgehead atoms. The molecule has 1 aliphatic rings. The van der Waals surface area contributed by atoms with Crippen LogP contribution in [-0.2, 0) is 0 Å². The second-order valence-corrected chi connectivity index (χ2v) is 5.74. The summed E-state index contributed by atoms with van der Waals surface area (Å²) in [6.45, 7) is 1.68. The molecule has 5 heteroatoms. The molecule has 1 aromatic rings. The van der Waals surface area contributed by atoms with E-state index in [2.05, 4.69) is 21.2 Å². The number of rotatable bonds is 3. The highest BCUT2D eigenvalue weighted by Crippen LogP contribution is 2.25. The third-order valence-electron chi connectivity index (χ3n) is 3.24. The Bertz CT molecular complexity index is 453. The number of likely N-dealkylation sites (tertiary alicyclic amines) is 1. The van der Waals surface area contributed by atoms with Crippen molar-refractivity contribution in [2.75, 3.05) is 20.1 Å². The highest BCUT2D eigenvalue weighted by Gasteiger charge is 2.28. The molecular formula is C13H16BrClN2O. The second kappa shape index (κ2) is 6.04. The molecule has 0 spiro atoms. The molecule has 1 heterocycles. The van der Waals surface area contributed by atoms with E-state index in [0.717, 1.165) is 30.4 Å². The lowest BCUT2D eigenvalue weighted by atomic mass is 10.1. The normalized spacial score (nSPS) is 19.3. The summed E-state index contributed by atoms with van der Waals surface area (Å²) in [7, 11) is 1.91. The van der Waals surface area contributed by atoms with Crippen LogP contribution in [-0.4, -0.2) is 37.0 Å². The first-order chi connectivity index (χ1) is 8.63. The highest BCUT2D eigenvalue weighted by molar-refractivity contribution is 9.10. The number of carbonyl (C=O) groups is 1. The molecule has 1 fully saturated rings. The van der Waals surface area contributed by atoms with Gasteiger partial charge in [-0.2, -0.15) is 0 Å². The van der Waals surface area contributed by atoms with Gasteiger partial charge in [0.1, 0.15) is 0 Å². The predicted octanol–water partition coefficient (Wildman–Crippen LogP) is 2.93. The van der Waals surface area contributed by atoms with Gasteiger partial charge in [0, 0.05) is 29.2 Å². The standard InChI is InChI=1S/C13H16BrClN2O/c1-16-8-10-3-2-6-17(10)13(18)9-4-5-11(14)12(15)7-9/h4-5,7,10,16H,2-3,6,8H2,1H3. The zero-order valence-electron chi connectivity index (χ0n) is 10.2. The minimum Gasteiger partial charge on any atom is -0.334 e. The molecule has 1 N–H and O–H groups in total. The quantitative estimate of drug-likeness (QED) is 0.923. The molecule has 1 aromatic carbocycles. The van der Waals surface area contributed by atoms with Gasteiger partial charge in [0.2, 0.25) is 0 Å². The van der Waals surface area contributed by atoms with Crippen molar-refractivity contribution in [2.24, 2.45) is 0 Å². The van der Waals surface area contributed by atoms with Crippen molar-refractivity contribution in [3.63, 3.8) is 0 Å². The van der Waals surface area contributed by atoms with Crippen LogP contribution in [0.15, 0.2) is 22.7 Å². The molecule has 18 heavy (non-hydrogen) atoms. The van der Waals surface area contributed by atoms with Gasteiger partial charge in [0.05, 0.1) is 5.02 Å². The Morgan fingerprint density at radius 3 is 3.06 bits per heavy atom. The van der Waals surface area contributed by atoms with Gasteiger partial charge < -0.3 is 10.2 Å². The minimum absolute atomic E-state index is 0.0714. The Kier molecular flexibility index (Phi) is 4.65. The number of benzene rings is 1. The summed E-state index contributed by atoms with van der Waals surface area (Å²) < 4.78 is 0.814. The lowest BCUT2D eigenvalue weighted by Gasteiger charge is -2.24.